The number of rotatable bonds is 5. The van der Waals surface area contributed by atoms with Crippen LogP contribution in [0.5, 0.6) is 0 Å². The summed E-state index contributed by atoms with van der Waals surface area (Å²) >= 11 is 0. The van der Waals surface area contributed by atoms with Gasteiger partial charge in [0, 0.05) is 21.0 Å². The van der Waals surface area contributed by atoms with Crippen LogP contribution in [-0.2, 0) is 28.5 Å². The van der Waals surface area contributed by atoms with Crippen LogP contribution in [0.1, 0.15) is 13.8 Å². The standard InChI is InChI=1S/C11H16O7/c1-11(2)17-9(13)8(10(14)18-11)7(12)6-16-5-4-15-3/h12H,4-6H2,1-3H3. The molecule has 1 rings (SSSR count). The van der Waals surface area contributed by atoms with Crippen molar-refractivity contribution < 1.29 is 33.6 Å². The first-order valence-electron chi connectivity index (χ1n) is 5.33. The summed E-state index contributed by atoms with van der Waals surface area (Å²) in [7, 11) is 1.50. The van der Waals surface area contributed by atoms with Gasteiger partial charge in [-0.25, -0.2) is 9.59 Å². The molecule has 1 fully saturated rings. The van der Waals surface area contributed by atoms with Gasteiger partial charge in [0.15, 0.2) is 5.57 Å². The lowest BCUT2D eigenvalue weighted by Gasteiger charge is -2.30. The van der Waals surface area contributed by atoms with E-state index in [4.69, 9.17) is 18.9 Å². The summed E-state index contributed by atoms with van der Waals surface area (Å²) in [6, 6.07) is 0. The molecule has 0 saturated carbocycles. The number of carbonyl (C=O) groups is 2. The van der Waals surface area contributed by atoms with Gasteiger partial charge in [-0.3, -0.25) is 0 Å². The molecule has 7 nitrogen and oxygen atoms in total. The SMILES string of the molecule is COCCOCC(O)=C1C(=O)OC(C)(C)OC1=O. The third-order valence-corrected chi connectivity index (χ3v) is 2.04. The van der Waals surface area contributed by atoms with Gasteiger partial charge in [0.2, 0.25) is 0 Å². The second-order valence-electron chi connectivity index (χ2n) is 4.05. The van der Waals surface area contributed by atoms with E-state index in [2.05, 4.69) is 0 Å². The molecular weight excluding hydrogens is 244 g/mol. The molecule has 0 unspecified atom stereocenters. The molecule has 18 heavy (non-hydrogen) atoms. The fourth-order valence-electron chi connectivity index (χ4n) is 1.27. The van der Waals surface area contributed by atoms with Crippen molar-refractivity contribution in [1.29, 1.82) is 0 Å². The van der Waals surface area contributed by atoms with Crippen LogP contribution in [-0.4, -0.2) is 49.8 Å². The molecular formula is C11H16O7. The number of hydrogen-bond acceptors (Lipinski definition) is 7. The molecule has 0 aliphatic carbocycles. The van der Waals surface area contributed by atoms with Crippen molar-refractivity contribution >= 4 is 11.9 Å². The minimum atomic E-state index is -1.32. The topological polar surface area (TPSA) is 91.3 Å². The maximum Gasteiger partial charge on any atom is 0.352 e. The van der Waals surface area contributed by atoms with Gasteiger partial charge < -0.3 is 24.1 Å². The van der Waals surface area contributed by atoms with E-state index >= 15 is 0 Å². The second kappa shape index (κ2) is 5.83. The fourth-order valence-corrected chi connectivity index (χ4v) is 1.27. The molecule has 1 aliphatic rings. The van der Waals surface area contributed by atoms with E-state index < -0.39 is 29.1 Å². The maximum absolute atomic E-state index is 11.5. The third-order valence-electron chi connectivity index (χ3n) is 2.04. The Labute approximate surface area is 104 Å². The molecule has 0 spiro atoms. The molecule has 0 bridgehead atoms. The lowest BCUT2D eigenvalue weighted by atomic mass is 10.2. The van der Waals surface area contributed by atoms with Crippen LogP contribution < -0.4 is 0 Å². The van der Waals surface area contributed by atoms with Crippen molar-refractivity contribution in [2.24, 2.45) is 0 Å². The van der Waals surface area contributed by atoms with Crippen molar-refractivity contribution in [1.82, 2.24) is 0 Å². The highest BCUT2D eigenvalue weighted by molar-refractivity contribution is 6.15. The van der Waals surface area contributed by atoms with E-state index in [0.717, 1.165) is 0 Å². The lowest BCUT2D eigenvalue weighted by Crippen LogP contribution is -2.42. The summed E-state index contributed by atoms with van der Waals surface area (Å²) in [6.07, 6.45) is 0. The summed E-state index contributed by atoms with van der Waals surface area (Å²) in [6.45, 7) is 3.12. The van der Waals surface area contributed by atoms with Gasteiger partial charge in [0.25, 0.3) is 5.79 Å². The van der Waals surface area contributed by atoms with Crippen LogP contribution in [0.3, 0.4) is 0 Å². The van der Waals surface area contributed by atoms with E-state index in [-0.39, 0.29) is 13.2 Å². The van der Waals surface area contributed by atoms with E-state index in [0.29, 0.717) is 6.61 Å². The highest BCUT2D eigenvalue weighted by Crippen LogP contribution is 2.23. The molecule has 0 atom stereocenters. The van der Waals surface area contributed by atoms with Crippen LogP contribution in [0.4, 0.5) is 0 Å². The summed E-state index contributed by atoms with van der Waals surface area (Å²) in [5.74, 6) is -3.70. The Kier molecular flexibility index (Phi) is 4.69. The number of carbonyl (C=O) groups excluding carboxylic acids is 2. The maximum atomic E-state index is 11.5. The van der Waals surface area contributed by atoms with Gasteiger partial charge in [-0.2, -0.15) is 0 Å². The number of methoxy groups -OCH3 is 1. The minimum Gasteiger partial charge on any atom is -0.509 e. The largest absolute Gasteiger partial charge is 0.509 e. The fraction of sp³-hybridized carbons (Fsp3) is 0.636. The normalized spacial score (nSPS) is 18.3. The first-order valence-corrected chi connectivity index (χ1v) is 5.33. The van der Waals surface area contributed by atoms with Crippen LogP contribution >= 0.6 is 0 Å². The lowest BCUT2D eigenvalue weighted by molar-refractivity contribution is -0.222. The zero-order valence-corrected chi connectivity index (χ0v) is 10.5. The van der Waals surface area contributed by atoms with E-state index in [9.17, 15) is 14.7 Å². The van der Waals surface area contributed by atoms with E-state index in [1.165, 1.54) is 21.0 Å². The predicted molar refractivity (Wildman–Crippen MR) is 58.6 cm³/mol. The van der Waals surface area contributed by atoms with Crippen LogP contribution in [0.15, 0.2) is 11.3 Å². The average molecular weight is 260 g/mol. The van der Waals surface area contributed by atoms with Crippen LogP contribution in [0.25, 0.3) is 0 Å². The Balaban J connectivity index is 2.68. The molecule has 1 aliphatic heterocycles. The van der Waals surface area contributed by atoms with Crippen LogP contribution in [0.2, 0.25) is 0 Å². The average Bonchev–Trinajstić information content (AvgIpc) is 2.21. The van der Waals surface area contributed by atoms with Gasteiger partial charge in [-0.05, 0) is 0 Å². The molecule has 1 N–H and O–H groups in total. The second-order valence-corrected chi connectivity index (χ2v) is 4.05. The molecule has 0 aromatic rings. The van der Waals surface area contributed by atoms with E-state index in [1.807, 2.05) is 0 Å². The molecule has 0 amide bonds. The zero-order valence-electron chi connectivity index (χ0n) is 10.5. The quantitative estimate of drug-likeness (QED) is 0.250. The van der Waals surface area contributed by atoms with Gasteiger partial charge in [0.1, 0.15) is 12.4 Å². The molecule has 0 aromatic heterocycles. The van der Waals surface area contributed by atoms with Crippen molar-refractivity contribution in [2.45, 2.75) is 19.6 Å². The number of hydrogen-bond donors (Lipinski definition) is 1. The predicted octanol–water partition coefficient (Wildman–Crippen LogP) is 0.298. The summed E-state index contributed by atoms with van der Waals surface area (Å²) in [5.41, 5.74) is -0.535. The Hall–Kier alpha value is -1.60. The highest BCUT2D eigenvalue weighted by atomic mass is 16.7. The number of cyclic esters (lactones) is 2. The minimum absolute atomic E-state index is 0.226. The molecule has 0 aromatic carbocycles. The van der Waals surface area contributed by atoms with Crippen LogP contribution in [0, 0.1) is 0 Å². The van der Waals surface area contributed by atoms with Crippen molar-refractivity contribution in [3.63, 3.8) is 0 Å². The Morgan fingerprint density at radius 2 is 1.78 bits per heavy atom. The summed E-state index contributed by atoms with van der Waals surface area (Å²) < 4.78 is 19.4. The first-order chi connectivity index (χ1) is 8.37. The Morgan fingerprint density at radius 1 is 1.22 bits per heavy atom. The monoisotopic (exact) mass is 260 g/mol. The van der Waals surface area contributed by atoms with Gasteiger partial charge in [0.05, 0.1) is 13.2 Å². The number of esters is 2. The number of ether oxygens (including phenoxy) is 4. The van der Waals surface area contributed by atoms with E-state index in [1.54, 1.807) is 0 Å². The van der Waals surface area contributed by atoms with Gasteiger partial charge in [-0.15, -0.1) is 0 Å². The molecule has 7 heteroatoms. The third kappa shape index (κ3) is 3.71. The molecule has 102 valence electrons. The highest BCUT2D eigenvalue weighted by Gasteiger charge is 2.41. The Bertz CT molecular complexity index is 348. The smallest absolute Gasteiger partial charge is 0.352 e. The Morgan fingerprint density at radius 3 is 2.28 bits per heavy atom. The van der Waals surface area contributed by atoms with Gasteiger partial charge in [-0.1, -0.05) is 0 Å². The summed E-state index contributed by atoms with van der Waals surface area (Å²) in [5, 5.41) is 9.60. The first kappa shape index (κ1) is 14.5. The zero-order chi connectivity index (χ0) is 13.8. The van der Waals surface area contributed by atoms with Crippen molar-refractivity contribution in [3.05, 3.63) is 11.3 Å². The molecule has 0 radical (unpaired) electrons. The number of aliphatic hydroxyl groups excluding tert-OH is 1. The molecule has 1 heterocycles. The van der Waals surface area contributed by atoms with Crippen molar-refractivity contribution in [2.75, 3.05) is 26.9 Å². The summed E-state index contributed by atoms with van der Waals surface area (Å²) in [4.78, 5) is 23.1. The number of aliphatic hydroxyl groups is 1. The van der Waals surface area contributed by atoms with Crippen molar-refractivity contribution in [3.8, 4) is 0 Å². The van der Waals surface area contributed by atoms with Gasteiger partial charge >= 0.3 is 11.9 Å². The molecule has 1 saturated heterocycles.